The van der Waals surface area contributed by atoms with Crippen molar-refractivity contribution in [1.29, 1.82) is 0 Å². The monoisotopic (exact) mass is 275 g/mol. The normalized spacial score (nSPS) is 22.5. The van der Waals surface area contributed by atoms with Gasteiger partial charge in [-0.05, 0) is 11.4 Å². The lowest BCUT2D eigenvalue weighted by atomic mass is 10.2. The summed E-state index contributed by atoms with van der Waals surface area (Å²) in [5, 5.41) is 4.60. The van der Waals surface area contributed by atoms with Crippen molar-refractivity contribution in [2.24, 2.45) is 5.73 Å². The van der Waals surface area contributed by atoms with Crippen LogP contribution < -0.4 is 11.1 Å². The summed E-state index contributed by atoms with van der Waals surface area (Å²) < 4.78 is 25.9. The predicted molar refractivity (Wildman–Crippen MR) is 64.1 cm³/mol. The highest BCUT2D eigenvalue weighted by Gasteiger charge is 2.32. The maximum absolute atomic E-state index is 12.2. The van der Waals surface area contributed by atoms with E-state index in [4.69, 9.17) is 5.73 Å². The van der Waals surface area contributed by atoms with Crippen LogP contribution in [0.2, 0.25) is 0 Å². The summed E-state index contributed by atoms with van der Waals surface area (Å²) in [6.45, 7) is 0.873. The van der Waals surface area contributed by atoms with E-state index in [-0.39, 0.29) is 6.54 Å². The fourth-order valence-electron chi connectivity index (χ4n) is 1.67. The quantitative estimate of drug-likeness (QED) is 0.755. The minimum atomic E-state index is -3.48. The van der Waals surface area contributed by atoms with Crippen LogP contribution >= 0.6 is 11.3 Å². The number of primary amides is 1. The summed E-state index contributed by atoms with van der Waals surface area (Å²) in [7, 11) is -3.48. The molecular formula is C9H13N3O3S2. The summed E-state index contributed by atoms with van der Waals surface area (Å²) in [6.07, 6.45) is 0. The zero-order valence-electron chi connectivity index (χ0n) is 9.00. The maximum atomic E-state index is 12.2. The molecule has 6 nitrogen and oxygen atoms in total. The van der Waals surface area contributed by atoms with E-state index in [0.717, 1.165) is 0 Å². The molecule has 1 saturated heterocycles. The van der Waals surface area contributed by atoms with E-state index < -0.39 is 22.0 Å². The highest BCUT2D eigenvalue weighted by atomic mass is 32.2. The van der Waals surface area contributed by atoms with Crippen molar-refractivity contribution in [3.63, 3.8) is 0 Å². The largest absolute Gasteiger partial charge is 0.368 e. The van der Waals surface area contributed by atoms with E-state index in [1.54, 1.807) is 17.5 Å². The van der Waals surface area contributed by atoms with Crippen LogP contribution in [-0.4, -0.2) is 44.3 Å². The fourth-order valence-corrected chi connectivity index (χ4v) is 4.27. The number of hydrogen-bond acceptors (Lipinski definition) is 5. The molecule has 0 unspecified atom stereocenters. The SMILES string of the molecule is NC(=O)[C@@H]1CN(S(=O)(=O)c2cccs2)CCN1. The highest BCUT2D eigenvalue weighted by Crippen LogP contribution is 2.21. The first kappa shape index (κ1) is 12.5. The van der Waals surface area contributed by atoms with Gasteiger partial charge in [0, 0.05) is 19.6 Å². The van der Waals surface area contributed by atoms with E-state index in [1.165, 1.54) is 15.6 Å². The number of nitrogens with two attached hydrogens (primary N) is 1. The Labute approximate surface area is 103 Å². The van der Waals surface area contributed by atoms with Gasteiger partial charge in [0.25, 0.3) is 10.0 Å². The van der Waals surface area contributed by atoms with Gasteiger partial charge in [-0.15, -0.1) is 11.3 Å². The molecule has 1 aromatic rings. The lowest BCUT2D eigenvalue weighted by Gasteiger charge is -2.30. The van der Waals surface area contributed by atoms with Gasteiger partial charge in [0.05, 0.1) is 0 Å². The summed E-state index contributed by atoms with van der Waals surface area (Å²) in [5.41, 5.74) is 5.17. The Morgan fingerprint density at radius 3 is 2.94 bits per heavy atom. The van der Waals surface area contributed by atoms with Crippen LogP contribution in [0.15, 0.2) is 21.7 Å². The number of sulfonamides is 1. The standard InChI is InChI=1S/C9H13N3O3S2/c10-9(13)7-6-12(4-3-11-7)17(14,15)8-2-1-5-16-8/h1-2,5,7,11H,3-4,6H2,(H2,10,13)/t7-/m0/s1. The number of nitrogens with zero attached hydrogens (tertiary/aromatic N) is 1. The number of rotatable bonds is 3. The third kappa shape index (κ3) is 2.49. The molecule has 2 heterocycles. The minimum Gasteiger partial charge on any atom is -0.368 e. The van der Waals surface area contributed by atoms with E-state index in [1.807, 2.05) is 0 Å². The molecule has 17 heavy (non-hydrogen) atoms. The van der Waals surface area contributed by atoms with Gasteiger partial charge < -0.3 is 11.1 Å². The molecule has 1 atom stereocenters. The Morgan fingerprint density at radius 1 is 1.59 bits per heavy atom. The number of piperazine rings is 1. The first-order valence-electron chi connectivity index (χ1n) is 5.08. The lowest BCUT2D eigenvalue weighted by Crippen LogP contribution is -2.57. The summed E-state index contributed by atoms with van der Waals surface area (Å²) in [5.74, 6) is -0.531. The molecule has 94 valence electrons. The third-order valence-electron chi connectivity index (χ3n) is 2.57. The van der Waals surface area contributed by atoms with Gasteiger partial charge in [0.15, 0.2) is 0 Å². The number of nitrogens with one attached hydrogen (secondary N) is 1. The highest BCUT2D eigenvalue weighted by molar-refractivity contribution is 7.91. The van der Waals surface area contributed by atoms with Crippen molar-refractivity contribution in [3.05, 3.63) is 17.5 Å². The number of hydrogen-bond donors (Lipinski definition) is 2. The van der Waals surface area contributed by atoms with Crippen molar-refractivity contribution in [2.75, 3.05) is 19.6 Å². The molecule has 0 saturated carbocycles. The first-order valence-corrected chi connectivity index (χ1v) is 7.40. The third-order valence-corrected chi connectivity index (χ3v) is 5.81. The van der Waals surface area contributed by atoms with E-state index in [2.05, 4.69) is 5.32 Å². The second-order valence-electron chi connectivity index (χ2n) is 3.70. The molecule has 0 bridgehead atoms. The fraction of sp³-hybridized carbons (Fsp3) is 0.444. The predicted octanol–water partition coefficient (Wildman–Crippen LogP) is -0.804. The molecule has 3 N–H and O–H groups in total. The molecular weight excluding hydrogens is 262 g/mol. The zero-order valence-corrected chi connectivity index (χ0v) is 10.6. The zero-order chi connectivity index (χ0) is 12.5. The molecule has 1 aliphatic rings. The Kier molecular flexibility index (Phi) is 3.48. The van der Waals surface area contributed by atoms with Crippen LogP contribution in [0.5, 0.6) is 0 Å². The van der Waals surface area contributed by atoms with E-state index in [9.17, 15) is 13.2 Å². The molecule has 0 radical (unpaired) electrons. The number of amides is 1. The maximum Gasteiger partial charge on any atom is 0.252 e. The second-order valence-corrected chi connectivity index (χ2v) is 6.82. The Morgan fingerprint density at radius 2 is 2.35 bits per heavy atom. The summed E-state index contributed by atoms with van der Waals surface area (Å²) in [6, 6.07) is 2.63. The molecule has 1 fully saturated rings. The summed E-state index contributed by atoms with van der Waals surface area (Å²) in [4.78, 5) is 11.1. The smallest absolute Gasteiger partial charge is 0.252 e. The number of thiophene rings is 1. The van der Waals surface area contributed by atoms with Gasteiger partial charge in [-0.2, -0.15) is 4.31 Å². The molecule has 1 aliphatic heterocycles. The second kappa shape index (κ2) is 4.73. The van der Waals surface area contributed by atoms with Crippen molar-refractivity contribution in [2.45, 2.75) is 10.3 Å². The average molecular weight is 275 g/mol. The Hall–Kier alpha value is -0.960. The van der Waals surface area contributed by atoms with E-state index in [0.29, 0.717) is 17.3 Å². The van der Waals surface area contributed by atoms with Crippen LogP contribution in [0.25, 0.3) is 0 Å². The van der Waals surface area contributed by atoms with Gasteiger partial charge in [-0.3, -0.25) is 4.79 Å². The molecule has 0 aromatic carbocycles. The van der Waals surface area contributed by atoms with Crippen LogP contribution in [0.1, 0.15) is 0 Å². The van der Waals surface area contributed by atoms with E-state index >= 15 is 0 Å². The molecule has 2 rings (SSSR count). The van der Waals surface area contributed by atoms with Gasteiger partial charge in [-0.25, -0.2) is 8.42 Å². The molecule has 0 aliphatic carbocycles. The van der Waals surface area contributed by atoms with Crippen molar-refractivity contribution in [3.8, 4) is 0 Å². The van der Waals surface area contributed by atoms with Crippen LogP contribution in [-0.2, 0) is 14.8 Å². The minimum absolute atomic E-state index is 0.0928. The van der Waals surface area contributed by atoms with Gasteiger partial charge in [0.2, 0.25) is 5.91 Å². The molecule has 0 spiro atoms. The Bertz CT molecular complexity index is 498. The van der Waals surface area contributed by atoms with Crippen LogP contribution in [0, 0.1) is 0 Å². The molecule has 1 amide bonds. The van der Waals surface area contributed by atoms with Gasteiger partial charge >= 0.3 is 0 Å². The lowest BCUT2D eigenvalue weighted by molar-refractivity contribution is -0.120. The number of carbonyl (C=O) groups excluding carboxylic acids is 1. The van der Waals surface area contributed by atoms with Crippen LogP contribution in [0.4, 0.5) is 0 Å². The topological polar surface area (TPSA) is 92.5 Å². The van der Waals surface area contributed by atoms with Gasteiger partial charge in [-0.1, -0.05) is 6.07 Å². The van der Waals surface area contributed by atoms with Gasteiger partial charge in [0.1, 0.15) is 10.3 Å². The average Bonchev–Trinajstić information content (AvgIpc) is 2.83. The number of carbonyl (C=O) groups is 1. The van der Waals surface area contributed by atoms with Crippen molar-refractivity contribution < 1.29 is 13.2 Å². The summed E-state index contributed by atoms with van der Waals surface area (Å²) >= 11 is 1.17. The molecule has 8 heteroatoms. The Balaban J connectivity index is 2.20. The van der Waals surface area contributed by atoms with Crippen molar-refractivity contribution >= 4 is 27.3 Å². The van der Waals surface area contributed by atoms with Crippen molar-refractivity contribution in [1.82, 2.24) is 9.62 Å². The molecule has 1 aromatic heterocycles. The van der Waals surface area contributed by atoms with Crippen LogP contribution in [0.3, 0.4) is 0 Å². The first-order chi connectivity index (χ1) is 8.01.